The summed E-state index contributed by atoms with van der Waals surface area (Å²) in [6.07, 6.45) is 1.09. The molecule has 0 spiro atoms. The van der Waals surface area contributed by atoms with Gasteiger partial charge in [-0.05, 0) is 43.5 Å². The van der Waals surface area contributed by atoms with Crippen molar-refractivity contribution < 1.29 is 9.90 Å². The van der Waals surface area contributed by atoms with Crippen molar-refractivity contribution in [2.24, 2.45) is 0 Å². The summed E-state index contributed by atoms with van der Waals surface area (Å²) in [5, 5.41) is 16.5. The number of phenols is 1. The van der Waals surface area contributed by atoms with Crippen LogP contribution in [-0.4, -0.2) is 39.7 Å². The van der Waals surface area contributed by atoms with Gasteiger partial charge in [-0.1, -0.05) is 12.1 Å². The summed E-state index contributed by atoms with van der Waals surface area (Å²) < 4.78 is 0. The predicted octanol–water partition coefficient (Wildman–Crippen LogP) is 1.98. The molecule has 0 saturated carbocycles. The van der Waals surface area contributed by atoms with E-state index >= 15 is 0 Å². The summed E-state index contributed by atoms with van der Waals surface area (Å²) >= 11 is 0. The third-order valence-corrected chi connectivity index (χ3v) is 3.67. The van der Waals surface area contributed by atoms with Gasteiger partial charge in [0.25, 0.3) is 0 Å². The van der Waals surface area contributed by atoms with Crippen molar-refractivity contribution >= 4 is 5.91 Å². The number of nitrogens with zero attached hydrogens (tertiary/aromatic N) is 2. The van der Waals surface area contributed by atoms with E-state index in [1.165, 1.54) is 5.56 Å². The normalized spacial score (nSPS) is 10.6. The fraction of sp³-hybridized carbons (Fsp3) is 0.375. The standard InChI is InChI=1S/C16H21N3O2/c1-11-15(12(2)18-17-11)7-8-19(3)16(21)10-13-5-4-6-14(20)9-13/h4-6,9,20H,7-8,10H2,1-3H3,(H,17,18). The number of aromatic nitrogens is 2. The van der Waals surface area contributed by atoms with Crippen LogP contribution in [0.1, 0.15) is 22.5 Å². The lowest BCUT2D eigenvalue weighted by atomic mass is 10.1. The number of phenolic OH excluding ortho intramolecular Hbond substituents is 1. The first-order chi connectivity index (χ1) is 9.97. The van der Waals surface area contributed by atoms with E-state index in [0.29, 0.717) is 13.0 Å². The second-order valence-electron chi connectivity index (χ2n) is 5.32. The quantitative estimate of drug-likeness (QED) is 0.883. The Labute approximate surface area is 124 Å². The monoisotopic (exact) mass is 287 g/mol. The van der Waals surface area contributed by atoms with Gasteiger partial charge < -0.3 is 10.0 Å². The number of carbonyl (C=O) groups is 1. The molecular formula is C16H21N3O2. The number of H-pyrrole nitrogens is 1. The highest BCUT2D eigenvalue weighted by Gasteiger charge is 2.12. The molecule has 21 heavy (non-hydrogen) atoms. The molecule has 0 saturated heterocycles. The Balaban J connectivity index is 1.91. The van der Waals surface area contributed by atoms with Gasteiger partial charge in [-0.3, -0.25) is 9.89 Å². The second-order valence-corrected chi connectivity index (χ2v) is 5.32. The van der Waals surface area contributed by atoms with Gasteiger partial charge in [-0.15, -0.1) is 0 Å². The molecule has 2 N–H and O–H groups in total. The number of hydrogen-bond donors (Lipinski definition) is 2. The first kappa shape index (κ1) is 15.1. The molecule has 0 unspecified atom stereocenters. The fourth-order valence-corrected chi connectivity index (χ4v) is 2.32. The largest absolute Gasteiger partial charge is 0.508 e. The Morgan fingerprint density at radius 1 is 1.38 bits per heavy atom. The molecule has 1 amide bonds. The average molecular weight is 287 g/mol. The zero-order valence-electron chi connectivity index (χ0n) is 12.7. The molecule has 0 radical (unpaired) electrons. The Kier molecular flexibility index (Phi) is 4.62. The summed E-state index contributed by atoms with van der Waals surface area (Å²) in [6, 6.07) is 6.81. The van der Waals surface area contributed by atoms with E-state index in [2.05, 4.69) is 10.2 Å². The lowest BCUT2D eigenvalue weighted by Gasteiger charge is -2.17. The van der Waals surface area contributed by atoms with Crippen LogP contribution in [0.5, 0.6) is 5.75 Å². The Bertz CT molecular complexity index is 615. The summed E-state index contributed by atoms with van der Waals surface area (Å²) in [5.74, 6) is 0.229. The number of nitrogens with one attached hydrogen (secondary N) is 1. The minimum Gasteiger partial charge on any atom is -0.508 e. The average Bonchev–Trinajstić information content (AvgIpc) is 2.75. The van der Waals surface area contributed by atoms with Crippen LogP contribution in [0.25, 0.3) is 0 Å². The van der Waals surface area contributed by atoms with Crippen LogP contribution >= 0.6 is 0 Å². The van der Waals surface area contributed by atoms with Crippen LogP contribution in [0, 0.1) is 13.8 Å². The van der Waals surface area contributed by atoms with Crippen LogP contribution in [0.15, 0.2) is 24.3 Å². The molecule has 1 aromatic carbocycles. The molecule has 1 heterocycles. The number of carbonyl (C=O) groups excluding carboxylic acids is 1. The second kappa shape index (κ2) is 6.43. The SMILES string of the molecule is Cc1n[nH]c(C)c1CCN(C)C(=O)Cc1cccc(O)c1. The van der Waals surface area contributed by atoms with Crippen LogP contribution in [-0.2, 0) is 17.6 Å². The third-order valence-electron chi connectivity index (χ3n) is 3.67. The maximum atomic E-state index is 12.2. The topological polar surface area (TPSA) is 69.2 Å². The molecule has 0 aliphatic carbocycles. The fourth-order valence-electron chi connectivity index (χ4n) is 2.32. The van der Waals surface area contributed by atoms with Gasteiger partial charge in [0.2, 0.25) is 5.91 Å². The van der Waals surface area contributed by atoms with E-state index in [1.807, 2.05) is 19.9 Å². The molecule has 1 aromatic heterocycles. The summed E-state index contributed by atoms with van der Waals surface area (Å²) in [4.78, 5) is 13.9. The number of aromatic amines is 1. The van der Waals surface area contributed by atoms with Gasteiger partial charge in [0.05, 0.1) is 12.1 Å². The van der Waals surface area contributed by atoms with Crippen LogP contribution in [0.2, 0.25) is 0 Å². The molecule has 112 valence electrons. The van der Waals surface area contributed by atoms with E-state index < -0.39 is 0 Å². The maximum Gasteiger partial charge on any atom is 0.226 e. The molecule has 2 rings (SSSR count). The van der Waals surface area contributed by atoms with Crippen molar-refractivity contribution in [2.75, 3.05) is 13.6 Å². The van der Waals surface area contributed by atoms with Crippen LogP contribution in [0.3, 0.4) is 0 Å². The van der Waals surface area contributed by atoms with E-state index in [-0.39, 0.29) is 11.7 Å². The smallest absolute Gasteiger partial charge is 0.226 e. The summed E-state index contributed by atoms with van der Waals surface area (Å²) in [5.41, 5.74) is 4.04. The lowest BCUT2D eigenvalue weighted by molar-refractivity contribution is -0.129. The first-order valence-electron chi connectivity index (χ1n) is 6.99. The van der Waals surface area contributed by atoms with Crippen molar-refractivity contribution in [3.63, 3.8) is 0 Å². The number of aromatic hydroxyl groups is 1. The van der Waals surface area contributed by atoms with Gasteiger partial charge in [0.1, 0.15) is 5.75 Å². The highest BCUT2D eigenvalue weighted by Crippen LogP contribution is 2.13. The number of rotatable bonds is 5. The van der Waals surface area contributed by atoms with Crippen molar-refractivity contribution in [1.82, 2.24) is 15.1 Å². The molecule has 0 aliphatic heterocycles. The number of likely N-dealkylation sites (N-methyl/N-ethyl adjacent to an activating group) is 1. The van der Waals surface area contributed by atoms with Gasteiger partial charge in [-0.2, -0.15) is 5.10 Å². The summed E-state index contributed by atoms with van der Waals surface area (Å²) in [6.45, 7) is 4.61. The van der Waals surface area contributed by atoms with E-state index in [0.717, 1.165) is 23.4 Å². The maximum absolute atomic E-state index is 12.2. The van der Waals surface area contributed by atoms with Gasteiger partial charge in [0.15, 0.2) is 0 Å². The minimum atomic E-state index is 0.0411. The zero-order valence-corrected chi connectivity index (χ0v) is 12.7. The van der Waals surface area contributed by atoms with Gasteiger partial charge in [0, 0.05) is 19.3 Å². The molecule has 5 nitrogen and oxygen atoms in total. The van der Waals surface area contributed by atoms with Crippen molar-refractivity contribution in [3.05, 3.63) is 46.8 Å². The van der Waals surface area contributed by atoms with Crippen LogP contribution < -0.4 is 0 Å². The zero-order chi connectivity index (χ0) is 15.4. The highest BCUT2D eigenvalue weighted by atomic mass is 16.3. The van der Waals surface area contributed by atoms with Crippen molar-refractivity contribution in [3.8, 4) is 5.75 Å². The number of amides is 1. The molecule has 0 atom stereocenters. The van der Waals surface area contributed by atoms with E-state index in [1.54, 1.807) is 30.1 Å². The third kappa shape index (κ3) is 3.84. The number of hydrogen-bond acceptors (Lipinski definition) is 3. The van der Waals surface area contributed by atoms with Gasteiger partial charge in [-0.25, -0.2) is 0 Å². The molecule has 0 bridgehead atoms. The molecular weight excluding hydrogens is 266 g/mol. The molecule has 2 aromatic rings. The molecule has 0 aliphatic rings. The Morgan fingerprint density at radius 2 is 2.14 bits per heavy atom. The number of benzene rings is 1. The minimum absolute atomic E-state index is 0.0411. The first-order valence-corrected chi connectivity index (χ1v) is 6.99. The summed E-state index contributed by atoms with van der Waals surface area (Å²) in [7, 11) is 1.80. The molecule has 5 heteroatoms. The Hall–Kier alpha value is -2.30. The van der Waals surface area contributed by atoms with Gasteiger partial charge >= 0.3 is 0 Å². The Morgan fingerprint density at radius 3 is 2.76 bits per heavy atom. The van der Waals surface area contributed by atoms with Crippen LogP contribution in [0.4, 0.5) is 0 Å². The molecule has 0 fully saturated rings. The predicted molar refractivity (Wildman–Crippen MR) is 81.2 cm³/mol. The van der Waals surface area contributed by atoms with Crippen molar-refractivity contribution in [1.29, 1.82) is 0 Å². The number of aryl methyl sites for hydroxylation is 2. The highest BCUT2D eigenvalue weighted by molar-refractivity contribution is 5.78. The van der Waals surface area contributed by atoms with Crippen molar-refractivity contribution in [2.45, 2.75) is 26.7 Å². The van der Waals surface area contributed by atoms with E-state index in [4.69, 9.17) is 0 Å². The van der Waals surface area contributed by atoms with E-state index in [9.17, 15) is 9.90 Å². The lowest BCUT2D eigenvalue weighted by Crippen LogP contribution is -2.30.